The van der Waals surface area contributed by atoms with E-state index in [0.717, 1.165) is 18.9 Å². The highest BCUT2D eigenvalue weighted by Crippen LogP contribution is 2.22. The summed E-state index contributed by atoms with van der Waals surface area (Å²) in [5, 5.41) is 2.94. The lowest BCUT2D eigenvalue weighted by atomic mass is 10.0. The fourth-order valence-corrected chi connectivity index (χ4v) is 2.64. The number of hydrogen-bond donors (Lipinski definition) is 1. The van der Waals surface area contributed by atoms with Gasteiger partial charge in [0.25, 0.3) is 5.56 Å². The molecule has 0 aromatic carbocycles. The standard InChI is InChI=1S/C14H15N7O/c1-10-6-20(7-10)12-4-13(17-8-16-12)21-14(22)11(5-18-21)19-3-2-15-9-19/h2-5,8-10,18H,6-7H2,1H3. The number of hydrogen-bond acceptors (Lipinski definition) is 5. The summed E-state index contributed by atoms with van der Waals surface area (Å²) < 4.78 is 3.07. The molecule has 0 amide bonds. The van der Waals surface area contributed by atoms with Crippen LogP contribution in [0.1, 0.15) is 6.92 Å². The van der Waals surface area contributed by atoms with Gasteiger partial charge in [-0.05, 0) is 5.92 Å². The Hall–Kier alpha value is -2.90. The number of imidazole rings is 1. The zero-order valence-corrected chi connectivity index (χ0v) is 12.0. The van der Waals surface area contributed by atoms with Crippen LogP contribution in [0, 0.1) is 5.92 Å². The number of nitrogens with one attached hydrogen (secondary N) is 1. The van der Waals surface area contributed by atoms with Crippen molar-refractivity contribution < 1.29 is 0 Å². The first-order chi connectivity index (χ1) is 10.7. The number of nitrogens with zero attached hydrogens (tertiary/aromatic N) is 6. The van der Waals surface area contributed by atoms with E-state index >= 15 is 0 Å². The molecule has 3 aromatic heterocycles. The van der Waals surface area contributed by atoms with E-state index in [4.69, 9.17) is 0 Å². The van der Waals surface area contributed by atoms with Gasteiger partial charge in [-0.1, -0.05) is 6.92 Å². The molecule has 22 heavy (non-hydrogen) atoms. The van der Waals surface area contributed by atoms with E-state index in [0.29, 0.717) is 17.4 Å². The minimum absolute atomic E-state index is 0.181. The molecule has 0 saturated carbocycles. The molecule has 8 heteroatoms. The Morgan fingerprint density at radius 1 is 1.27 bits per heavy atom. The van der Waals surface area contributed by atoms with Gasteiger partial charge in [0.15, 0.2) is 5.82 Å². The molecule has 4 rings (SSSR count). The summed E-state index contributed by atoms with van der Waals surface area (Å²) in [5.41, 5.74) is 0.315. The summed E-state index contributed by atoms with van der Waals surface area (Å²) in [6, 6.07) is 1.82. The first-order valence-electron chi connectivity index (χ1n) is 7.08. The quantitative estimate of drug-likeness (QED) is 0.765. The molecular weight excluding hydrogens is 282 g/mol. The van der Waals surface area contributed by atoms with Gasteiger partial charge in [-0.2, -0.15) is 4.68 Å². The molecule has 0 atom stereocenters. The Morgan fingerprint density at radius 3 is 2.82 bits per heavy atom. The first-order valence-corrected chi connectivity index (χ1v) is 7.08. The Labute approximate surface area is 126 Å². The summed E-state index contributed by atoms with van der Waals surface area (Å²) in [7, 11) is 0. The first kappa shape index (κ1) is 12.8. The van der Waals surface area contributed by atoms with E-state index in [1.807, 2.05) is 6.07 Å². The molecule has 1 N–H and O–H groups in total. The van der Waals surface area contributed by atoms with Gasteiger partial charge in [0.1, 0.15) is 17.8 Å². The van der Waals surface area contributed by atoms with Crippen LogP contribution in [-0.4, -0.2) is 42.4 Å². The molecule has 0 bridgehead atoms. The topological polar surface area (TPSA) is 84.6 Å². The van der Waals surface area contributed by atoms with Crippen molar-refractivity contribution >= 4 is 5.82 Å². The van der Waals surface area contributed by atoms with Gasteiger partial charge in [0.2, 0.25) is 0 Å². The molecule has 0 aliphatic carbocycles. The summed E-state index contributed by atoms with van der Waals surface area (Å²) in [4.78, 5) is 27.1. The van der Waals surface area contributed by atoms with E-state index in [-0.39, 0.29) is 5.56 Å². The Kier molecular flexibility index (Phi) is 2.81. The van der Waals surface area contributed by atoms with Crippen LogP contribution >= 0.6 is 0 Å². The van der Waals surface area contributed by atoms with Crippen LogP contribution in [0.25, 0.3) is 11.5 Å². The van der Waals surface area contributed by atoms with E-state index in [1.54, 1.807) is 29.5 Å². The predicted molar refractivity (Wildman–Crippen MR) is 80.5 cm³/mol. The van der Waals surface area contributed by atoms with Gasteiger partial charge in [0, 0.05) is 37.7 Å². The van der Waals surface area contributed by atoms with Crippen molar-refractivity contribution in [2.24, 2.45) is 5.92 Å². The summed E-state index contributed by atoms with van der Waals surface area (Å²) in [6.07, 6.45) is 8.06. The average molecular weight is 297 g/mol. The van der Waals surface area contributed by atoms with Gasteiger partial charge >= 0.3 is 0 Å². The number of aromatic nitrogens is 6. The number of rotatable bonds is 3. The van der Waals surface area contributed by atoms with Crippen molar-refractivity contribution in [1.29, 1.82) is 0 Å². The van der Waals surface area contributed by atoms with Crippen LogP contribution in [0.2, 0.25) is 0 Å². The minimum atomic E-state index is -0.181. The lowest BCUT2D eigenvalue weighted by Gasteiger charge is -2.38. The van der Waals surface area contributed by atoms with Crippen LogP contribution in [0.15, 0.2) is 42.1 Å². The van der Waals surface area contributed by atoms with Crippen molar-refractivity contribution in [3.63, 3.8) is 0 Å². The zero-order valence-electron chi connectivity index (χ0n) is 12.0. The number of aromatic amines is 1. The maximum absolute atomic E-state index is 12.5. The zero-order chi connectivity index (χ0) is 15.1. The van der Waals surface area contributed by atoms with Crippen LogP contribution < -0.4 is 10.5 Å². The smallest absolute Gasteiger partial charge is 0.296 e. The van der Waals surface area contributed by atoms with Crippen LogP contribution in [-0.2, 0) is 0 Å². The summed E-state index contributed by atoms with van der Waals surface area (Å²) in [6.45, 7) is 4.16. The molecule has 4 heterocycles. The van der Waals surface area contributed by atoms with E-state index in [2.05, 4.69) is 31.9 Å². The third-order valence-electron chi connectivity index (χ3n) is 3.79. The molecule has 112 valence electrons. The van der Waals surface area contributed by atoms with Crippen LogP contribution in [0.4, 0.5) is 5.82 Å². The number of H-pyrrole nitrogens is 1. The van der Waals surface area contributed by atoms with Gasteiger partial charge in [-0.15, -0.1) is 0 Å². The molecule has 0 radical (unpaired) electrons. The van der Waals surface area contributed by atoms with Crippen molar-refractivity contribution in [2.75, 3.05) is 18.0 Å². The fraction of sp³-hybridized carbons (Fsp3) is 0.286. The molecule has 1 aliphatic rings. The second-order valence-corrected chi connectivity index (χ2v) is 5.51. The Balaban J connectivity index is 1.71. The average Bonchev–Trinajstić information content (AvgIpc) is 3.13. The van der Waals surface area contributed by atoms with Gasteiger partial charge in [-0.3, -0.25) is 14.5 Å². The van der Waals surface area contributed by atoms with Crippen molar-refractivity contribution in [3.8, 4) is 11.5 Å². The largest absolute Gasteiger partial charge is 0.356 e. The molecule has 1 saturated heterocycles. The normalized spacial score (nSPS) is 15.0. The SMILES string of the molecule is CC1CN(c2cc(-n3[nH]cc(-n4ccnc4)c3=O)ncn2)C1. The van der Waals surface area contributed by atoms with Crippen molar-refractivity contribution in [1.82, 2.24) is 29.3 Å². The molecule has 0 unspecified atom stereocenters. The van der Waals surface area contributed by atoms with Crippen molar-refractivity contribution in [3.05, 3.63) is 47.7 Å². The molecule has 1 fully saturated rings. The maximum Gasteiger partial charge on any atom is 0.296 e. The molecule has 8 nitrogen and oxygen atoms in total. The Bertz CT molecular complexity index is 842. The van der Waals surface area contributed by atoms with Gasteiger partial charge in [0.05, 0.1) is 6.33 Å². The van der Waals surface area contributed by atoms with E-state index in [9.17, 15) is 4.79 Å². The second kappa shape index (κ2) is 4.83. The Morgan fingerprint density at radius 2 is 2.09 bits per heavy atom. The number of anilines is 1. The molecule has 3 aromatic rings. The summed E-state index contributed by atoms with van der Waals surface area (Å²) in [5.74, 6) is 2.05. The molecule has 1 aliphatic heterocycles. The second-order valence-electron chi connectivity index (χ2n) is 5.51. The maximum atomic E-state index is 12.5. The van der Waals surface area contributed by atoms with E-state index in [1.165, 1.54) is 11.0 Å². The van der Waals surface area contributed by atoms with Crippen molar-refractivity contribution in [2.45, 2.75) is 6.92 Å². The third-order valence-corrected chi connectivity index (χ3v) is 3.79. The lowest BCUT2D eigenvalue weighted by Crippen LogP contribution is -2.45. The van der Waals surface area contributed by atoms with Gasteiger partial charge < -0.3 is 4.90 Å². The monoisotopic (exact) mass is 297 g/mol. The summed E-state index contributed by atoms with van der Waals surface area (Å²) >= 11 is 0. The highest BCUT2D eigenvalue weighted by atomic mass is 16.1. The minimum Gasteiger partial charge on any atom is -0.356 e. The highest BCUT2D eigenvalue weighted by Gasteiger charge is 2.24. The fourth-order valence-electron chi connectivity index (χ4n) is 2.64. The third kappa shape index (κ3) is 2.00. The highest BCUT2D eigenvalue weighted by molar-refractivity contribution is 5.46. The predicted octanol–water partition coefficient (Wildman–Crippen LogP) is 0.597. The molecule has 0 spiro atoms. The van der Waals surface area contributed by atoms with Gasteiger partial charge in [-0.25, -0.2) is 15.0 Å². The van der Waals surface area contributed by atoms with Crippen LogP contribution in [0.5, 0.6) is 0 Å². The lowest BCUT2D eigenvalue weighted by molar-refractivity contribution is 0.443. The van der Waals surface area contributed by atoms with Crippen LogP contribution in [0.3, 0.4) is 0 Å². The van der Waals surface area contributed by atoms with E-state index < -0.39 is 0 Å². The molecular formula is C14H15N7O.